The number of aryl methyl sites for hydroxylation is 1. The number of aromatic nitrogens is 2. The summed E-state index contributed by atoms with van der Waals surface area (Å²) in [5, 5.41) is 21.1. The van der Waals surface area contributed by atoms with Crippen molar-refractivity contribution in [2.75, 3.05) is 5.32 Å². The summed E-state index contributed by atoms with van der Waals surface area (Å²) < 4.78 is 1.46. The molecule has 2 aromatic carbocycles. The number of carbonyl (C=O) groups is 2. The van der Waals surface area contributed by atoms with E-state index in [2.05, 4.69) is 15.7 Å². The molecule has 2 fully saturated rings. The number of anilines is 1. The zero-order chi connectivity index (χ0) is 23.7. The summed E-state index contributed by atoms with van der Waals surface area (Å²) in [6.07, 6.45) is 6.16. The van der Waals surface area contributed by atoms with Crippen molar-refractivity contribution in [2.24, 2.45) is 5.92 Å². The molecule has 7 nitrogen and oxygen atoms in total. The molecule has 0 bridgehead atoms. The van der Waals surface area contributed by atoms with Gasteiger partial charge in [-0.15, -0.1) is 0 Å². The van der Waals surface area contributed by atoms with E-state index in [1.54, 1.807) is 18.2 Å². The topological polar surface area (TPSA) is 96.3 Å². The Morgan fingerprint density at radius 2 is 1.76 bits per heavy atom. The van der Waals surface area contributed by atoms with Gasteiger partial charge in [-0.05, 0) is 56.4 Å². The average molecular weight is 459 g/mol. The second-order valence-corrected chi connectivity index (χ2v) is 9.49. The standard InChI is InChI=1S/C27H30N4O3/c1-17-6-8-18(9-7-17)16-28-27(34)31-24(19-4-2-3-5-19)15-23(30-31)22-13-12-21(14-25(22)32)29-26(33)20-10-11-20/h6-9,12-15,19-20,32H,2-5,10-11,16H2,1H3,(H,28,34)(H,29,33). The molecule has 0 saturated heterocycles. The second-order valence-electron chi connectivity index (χ2n) is 9.49. The van der Waals surface area contributed by atoms with E-state index in [0.717, 1.165) is 49.8 Å². The third-order valence-corrected chi connectivity index (χ3v) is 6.76. The first-order valence-corrected chi connectivity index (χ1v) is 12.1. The molecule has 1 aromatic heterocycles. The van der Waals surface area contributed by atoms with E-state index < -0.39 is 0 Å². The van der Waals surface area contributed by atoms with Gasteiger partial charge < -0.3 is 15.7 Å². The van der Waals surface area contributed by atoms with E-state index in [4.69, 9.17) is 0 Å². The number of nitrogens with zero attached hydrogens (tertiary/aromatic N) is 2. The molecule has 5 rings (SSSR count). The molecule has 2 amide bonds. The quantitative estimate of drug-likeness (QED) is 0.465. The first-order chi connectivity index (χ1) is 16.5. The second kappa shape index (κ2) is 9.33. The van der Waals surface area contributed by atoms with Gasteiger partial charge in [-0.25, -0.2) is 4.79 Å². The fourth-order valence-electron chi connectivity index (χ4n) is 4.58. The third-order valence-electron chi connectivity index (χ3n) is 6.76. The fraction of sp³-hybridized carbons (Fsp3) is 0.370. The maximum absolute atomic E-state index is 13.1. The lowest BCUT2D eigenvalue weighted by atomic mass is 10.0. The van der Waals surface area contributed by atoms with Crippen LogP contribution in [0.3, 0.4) is 0 Å². The Morgan fingerprint density at radius 3 is 2.44 bits per heavy atom. The van der Waals surface area contributed by atoms with Crippen LogP contribution in [0.4, 0.5) is 10.5 Å². The summed E-state index contributed by atoms with van der Waals surface area (Å²) in [6.45, 7) is 2.45. The molecule has 176 valence electrons. The van der Waals surface area contributed by atoms with Crippen molar-refractivity contribution in [3.05, 3.63) is 65.4 Å². The van der Waals surface area contributed by atoms with Crippen molar-refractivity contribution in [3.8, 4) is 17.0 Å². The van der Waals surface area contributed by atoms with E-state index in [9.17, 15) is 14.7 Å². The predicted octanol–water partition coefficient (Wildman–Crippen LogP) is 5.33. The lowest BCUT2D eigenvalue weighted by Crippen LogP contribution is -2.30. The molecule has 0 radical (unpaired) electrons. The summed E-state index contributed by atoms with van der Waals surface area (Å²) in [5.41, 5.74) is 4.71. The highest BCUT2D eigenvalue weighted by Gasteiger charge is 2.30. The van der Waals surface area contributed by atoms with Crippen LogP contribution in [0.1, 0.15) is 61.3 Å². The van der Waals surface area contributed by atoms with Crippen molar-refractivity contribution >= 4 is 17.6 Å². The molecule has 2 saturated carbocycles. The van der Waals surface area contributed by atoms with E-state index in [1.807, 2.05) is 37.3 Å². The number of carbonyl (C=O) groups excluding carboxylic acids is 2. The smallest absolute Gasteiger partial charge is 0.342 e. The zero-order valence-corrected chi connectivity index (χ0v) is 19.4. The molecule has 3 aromatic rings. The minimum absolute atomic E-state index is 0.00908. The van der Waals surface area contributed by atoms with E-state index in [0.29, 0.717) is 23.5 Å². The summed E-state index contributed by atoms with van der Waals surface area (Å²) in [7, 11) is 0. The minimum Gasteiger partial charge on any atom is -0.507 e. The zero-order valence-electron chi connectivity index (χ0n) is 19.4. The van der Waals surface area contributed by atoms with Gasteiger partial charge in [-0.2, -0.15) is 9.78 Å². The van der Waals surface area contributed by atoms with E-state index >= 15 is 0 Å². The number of rotatable bonds is 6. The molecule has 2 aliphatic rings. The van der Waals surface area contributed by atoms with Crippen LogP contribution in [-0.2, 0) is 11.3 Å². The molecule has 0 spiro atoms. The fourth-order valence-corrected chi connectivity index (χ4v) is 4.58. The maximum Gasteiger partial charge on any atom is 0.342 e. The number of benzene rings is 2. The van der Waals surface area contributed by atoms with Gasteiger partial charge in [0.15, 0.2) is 0 Å². The van der Waals surface area contributed by atoms with Crippen LogP contribution in [0, 0.1) is 12.8 Å². The Bertz CT molecular complexity index is 1210. The van der Waals surface area contributed by atoms with Gasteiger partial charge in [0.2, 0.25) is 5.91 Å². The van der Waals surface area contributed by atoms with Crippen molar-refractivity contribution in [1.29, 1.82) is 0 Å². The van der Waals surface area contributed by atoms with Gasteiger partial charge >= 0.3 is 6.03 Å². The molecule has 2 aliphatic carbocycles. The van der Waals surface area contributed by atoms with Crippen LogP contribution < -0.4 is 10.6 Å². The SMILES string of the molecule is Cc1ccc(CNC(=O)n2nc(-c3ccc(NC(=O)C4CC4)cc3O)cc2C2CCCC2)cc1. The van der Waals surface area contributed by atoms with Crippen molar-refractivity contribution in [2.45, 2.75) is 57.9 Å². The Labute approximate surface area is 199 Å². The van der Waals surface area contributed by atoms with Gasteiger partial charge in [0.25, 0.3) is 0 Å². The highest BCUT2D eigenvalue weighted by atomic mass is 16.3. The third kappa shape index (κ3) is 4.83. The van der Waals surface area contributed by atoms with Gasteiger partial charge in [0.1, 0.15) is 5.75 Å². The number of hydrogen-bond acceptors (Lipinski definition) is 4. The average Bonchev–Trinajstić information content (AvgIpc) is 3.36. The van der Waals surface area contributed by atoms with E-state index in [1.165, 1.54) is 10.2 Å². The Kier molecular flexibility index (Phi) is 6.09. The van der Waals surface area contributed by atoms with Crippen molar-refractivity contribution in [1.82, 2.24) is 15.1 Å². The van der Waals surface area contributed by atoms with Crippen LogP contribution in [0.5, 0.6) is 5.75 Å². The summed E-state index contributed by atoms with van der Waals surface area (Å²) in [4.78, 5) is 25.2. The van der Waals surface area contributed by atoms with Crippen molar-refractivity contribution < 1.29 is 14.7 Å². The Morgan fingerprint density at radius 1 is 1.03 bits per heavy atom. The first kappa shape index (κ1) is 22.2. The number of aromatic hydroxyl groups is 1. The summed E-state index contributed by atoms with van der Waals surface area (Å²) in [6, 6.07) is 14.7. The number of hydrogen-bond donors (Lipinski definition) is 3. The summed E-state index contributed by atoms with van der Waals surface area (Å²) >= 11 is 0. The number of nitrogens with one attached hydrogen (secondary N) is 2. The van der Waals surface area contributed by atoms with Crippen LogP contribution >= 0.6 is 0 Å². The molecule has 0 atom stereocenters. The van der Waals surface area contributed by atoms with Crippen molar-refractivity contribution in [3.63, 3.8) is 0 Å². The molecular formula is C27H30N4O3. The predicted molar refractivity (Wildman–Crippen MR) is 131 cm³/mol. The van der Waals surface area contributed by atoms with Crippen LogP contribution in [-0.4, -0.2) is 26.8 Å². The highest BCUT2D eigenvalue weighted by Crippen LogP contribution is 2.38. The van der Waals surface area contributed by atoms with Crippen LogP contribution in [0.25, 0.3) is 11.3 Å². The van der Waals surface area contributed by atoms with E-state index in [-0.39, 0.29) is 29.5 Å². The Balaban J connectivity index is 1.38. The largest absolute Gasteiger partial charge is 0.507 e. The lowest BCUT2D eigenvalue weighted by molar-refractivity contribution is -0.117. The van der Waals surface area contributed by atoms with Crippen LogP contribution in [0.2, 0.25) is 0 Å². The van der Waals surface area contributed by atoms with Gasteiger partial charge in [-0.3, -0.25) is 4.79 Å². The number of phenolic OH excluding ortho intramolecular Hbond substituents is 1. The maximum atomic E-state index is 13.1. The van der Waals surface area contributed by atoms with Crippen LogP contribution in [0.15, 0.2) is 48.5 Å². The van der Waals surface area contributed by atoms with Gasteiger partial charge in [-0.1, -0.05) is 42.7 Å². The molecular weight excluding hydrogens is 428 g/mol. The molecule has 0 unspecified atom stereocenters. The molecule has 34 heavy (non-hydrogen) atoms. The molecule has 3 N–H and O–H groups in total. The lowest BCUT2D eigenvalue weighted by Gasteiger charge is -2.12. The first-order valence-electron chi connectivity index (χ1n) is 12.1. The minimum atomic E-state index is -0.276. The Hall–Kier alpha value is -3.61. The monoisotopic (exact) mass is 458 g/mol. The number of amides is 2. The molecule has 7 heteroatoms. The van der Waals surface area contributed by atoms with Gasteiger partial charge in [0.05, 0.1) is 11.4 Å². The highest BCUT2D eigenvalue weighted by molar-refractivity contribution is 5.94. The molecule has 0 aliphatic heterocycles. The van der Waals surface area contributed by atoms with Gasteiger partial charge in [0, 0.05) is 35.7 Å². The summed E-state index contributed by atoms with van der Waals surface area (Å²) in [5.74, 6) is 0.372. The molecule has 1 heterocycles. The number of phenols is 1. The normalized spacial score (nSPS) is 15.9.